The van der Waals surface area contributed by atoms with Gasteiger partial charge in [-0.2, -0.15) is 0 Å². The Bertz CT molecular complexity index is 1490. The van der Waals surface area contributed by atoms with E-state index >= 15 is 0 Å². The topological polar surface area (TPSA) is 94.6 Å². The maximum atomic E-state index is 12.0. The van der Waals surface area contributed by atoms with Gasteiger partial charge in [0.05, 0.1) is 39.5 Å². The third-order valence-corrected chi connectivity index (χ3v) is 7.10. The van der Waals surface area contributed by atoms with E-state index in [9.17, 15) is 9.59 Å². The third kappa shape index (κ3) is 8.25. The van der Waals surface area contributed by atoms with Crippen LogP contribution in [-0.4, -0.2) is 69.2 Å². The summed E-state index contributed by atoms with van der Waals surface area (Å²) in [5.74, 6) is 1.55. The number of Topliss-reactive ketones (excluding diaryl/α,β-unsaturated/α-hetero) is 2. The van der Waals surface area contributed by atoms with Gasteiger partial charge in [-0.3, -0.25) is 9.59 Å². The molecule has 4 aromatic rings. The molecule has 2 aromatic heterocycles. The van der Waals surface area contributed by atoms with Crippen molar-refractivity contribution in [2.24, 2.45) is 11.8 Å². The van der Waals surface area contributed by atoms with Gasteiger partial charge in [-0.1, -0.05) is 41.5 Å². The van der Waals surface area contributed by atoms with Crippen LogP contribution in [0.2, 0.25) is 0 Å². The van der Waals surface area contributed by atoms with Crippen LogP contribution in [-0.2, 0) is 9.47 Å². The quantitative estimate of drug-likeness (QED) is 0.210. The number of rotatable bonds is 7. The maximum Gasteiger partial charge on any atom is 0.200 e. The Morgan fingerprint density at radius 1 is 0.674 bits per heavy atom. The zero-order valence-electron chi connectivity index (χ0n) is 26.2. The highest BCUT2D eigenvalue weighted by atomic mass is 16.7. The van der Waals surface area contributed by atoms with E-state index < -0.39 is 0 Å². The summed E-state index contributed by atoms with van der Waals surface area (Å²) in [5, 5.41) is 3.74. The lowest BCUT2D eigenvalue weighted by atomic mass is 10.1. The molecule has 232 valence electrons. The molecule has 0 spiro atoms. The number of ketones is 2. The molecule has 9 heteroatoms. The van der Waals surface area contributed by atoms with Crippen LogP contribution in [0.15, 0.2) is 57.4 Å². The van der Waals surface area contributed by atoms with E-state index in [0.29, 0.717) is 30.3 Å². The Labute approximate surface area is 253 Å². The lowest BCUT2D eigenvalue weighted by Crippen LogP contribution is -2.38. The molecule has 2 fully saturated rings. The second-order valence-corrected chi connectivity index (χ2v) is 10.9. The fraction of sp³-hybridized carbons (Fsp3) is 0.471. The molecule has 0 atom stereocenters. The van der Waals surface area contributed by atoms with Crippen molar-refractivity contribution in [2.45, 2.75) is 41.5 Å². The smallest absolute Gasteiger partial charge is 0.200 e. The molecule has 0 saturated carbocycles. The molecule has 43 heavy (non-hydrogen) atoms. The zero-order valence-corrected chi connectivity index (χ0v) is 26.2. The second kappa shape index (κ2) is 15.2. The number of hydrogen-bond donors (Lipinski definition) is 0. The molecule has 2 aliphatic rings. The number of morpholine rings is 2. The molecule has 2 aromatic carbocycles. The second-order valence-electron chi connectivity index (χ2n) is 10.9. The number of ether oxygens (including phenoxy) is 2. The molecule has 2 aliphatic heterocycles. The SMILES string of the molecule is CC.CC(C)C(=O)c1cc2cc(N3CCOCC3)ccc2o1.CC(C)C(=O)c1cc2cc(ON3CCOCC3)ccc2o1. The molecular weight excluding hydrogens is 548 g/mol. The standard InChI is InChI=1S/C16H19NO4.C16H19NO3.C2H6/c1-11(2)16(18)15-10-12-9-13(3-4-14(12)20-15)21-17-5-7-19-8-6-17;1-11(2)16(18)15-10-12-9-13(3-4-14(12)20-15)17-5-7-19-8-6-17;1-2/h3-4,9-11H,5-8H2,1-2H3;3-4,9-11H,5-8H2,1-2H3;1-2H3. The van der Waals surface area contributed by atoms with Gasteiger partial charge < -0.3 is 28.0 Å². The lowest BCUT2D eigenvalue weighted by molar-refractivity contribution is -0.118. The van der Waals surface area contributed by atoms with Crippen LogP contribution in [0.3, 0.4) is 0 Å². The van der Waals surface area contributed by atoms with E-state index in [1.54, 1.807) is 6.07 Å². The number of hydrogen-bond acceptors (Lipinski definition) is 9. The normalized spacial score (nSPS) is 15.7. The molecule has 6 rings (SSSR count). The average molecular weight is 593 g/mol. The predicted molar refractivity (Wildman–Crippen MR) is 168 cm³/mol. The minimum Gasteiger partial charge on any atom is -0.453 e. The number of nitrogens with zero attached hydrogens (tertiary/aromatic N) is 2. The summed E-state index contributed by atoms with van der Waals surface area (Å²) in [5.41, 5.74) is 2.63. The number of hydroxylamine groups is 2. The highest BCUT2D eigenvalue weighted by molar-refractivity contribution is 5.99. The first-order valence-corrected chi connectivity index (χ1v) is 15.3. The van der Waals surface area contributed by atoms with Crippen molar-refractivity contribution in [3.05, 3.63) is 60.1 Å². The Kier molecular flexibility index (Phi) is 11.4. The van der Waals surface area contributed by atoms with Gasteiger partial charge >= 0.3 is 0 Å². The molecule has 2 saturated heterocycles. The van der Waals surface area contributed by atoms with Gasteiger partial charge in [0.25, 0.3) is 0 Å². The van der Waals surface area contributed by atoms with Crippen molar-refractivity contribution in [2.75, 3.05) is 57.5 Å². The van der Waals surface area contributed by atoms with Crippen LogP contribution in [0.1, 0.15) is 62.7 Å². The van der Waals surface area contributed by atoms with Crippen LogP contribution in [0, 0.1) is 11.8 Å². The first-order valence-electron chi connectivity index (χ1n) is 15.3. The van der Waals surface area contributed by atoms with Crippen LogP contribution in [0.5, 0.6) is 5.75 Å². The molecule has 0 N–H and O–H groups in total. The number of carbonyl (C=O) groups is 2. The minimum atomic E-state index is -0.0744. The van der Waals surface area contributed by atoms with Crippen LogP contribution in [0.4, 0.5) is 5.69 Å². The molecule has 0 aliphatic carbocycles. The Morgan fingerprint density at radius 3 is 1.70 bits per heavy atom. The van der Waals surface area contributed by atoms with Crippen LogP contribution >= 0.6 is 0 Å². The average Bonchev–Trinajstić information content (AvgIpc) is 3.66. The first kappa shape index (κ1) is 32.3. The summed E-state index contributed by atoms with van der Waals surface area (Å²) < 4.78 is 21.9. The number of furan rings is 2. The molecule has 4 heterocycles. The zero-order chi connectivity index (χ0) is 30.9. The van der Waals surface area contributed by atoms with E-state index in [4.69, 9.17) is 23.1 Å². The van der Waals surface area contributed by atoms with E-state index in [0.717, 1.165) is 67.2 Å². The molecule has 0 bridgehead atoms. The molecule has 0 amide bonds. The van der Waals surface area contributed by atoms with E-state index in [2.05, 4.69) is 11.0 Å². The van der Waals surface area contributed by atoms with Crippen molar-refractivity contribution >= 4 is 39.2 Å². The van der Waals surface area contributed by atoms with E-state index in [1.165, 1.54) is 0 Å². The fourth-order valence-corrected chi connectivity index (χ4v) is 4.73. The van der Waals surface area contributed by atoms with Gasteiger partial charge in [0.2, 0.25) is 11.6 Å². The summed E-state index contributed by atoms with van der Waals surface area (Å²) in [6.45, 7) is 17.7. The summed E-state index contributed by atoms with van der Waals surface area (Å²) in [4.78, 5) is 32.0. The van der Waals surface area contributed by atoms with Gasteiger partial charge in [0.1, 0.15) is 16.9 Å². The highest BCUT2D eigenvalue weighted by Crippen LogP contribution is 2.28. The number of fused-ring (bicyclic) bond motifs is 2. The monoisotopic (exact) mass is 592 g/mol. The molecular formula is C34H44N2O7. The highest BCUT2D eigenvalue weighted by Gasteiger charge is 2.19. The lowest BCUT2D eigenvalue weighted by Gasteiger charge is -2.28. The Balaban J connectivity index is 0.000000186. The van der Waals surface area contributed by atoms with Crippen molar-refractivity contribution in [3.8, 4) is 5.75 Å². The molecule has 9 nitrogen and oxygen atoms in total. The van der Waals surface area contributed by atoms with Gasteiger partial charge in [-0.15, -0.1) is 5.06 Å². The number of benzene rings is 2. The molecule has 0 radical (unpaired) electrons. The predicted octanol–water partition coefficient (Wildman–Crippen LogP) is 7.03. The largest absolute Gasteiger partial charge is 0.453 e. The molecule has 0 unspecified atom stereocenters. The van der Waals surface area contributed by atoms with Gasteiger partial charge in [0.15, 0.2) is 11.5 Å². The van der Waals surface area contributed by atoms with E-state index in [-0.39, 0.29) is 23.4 Å². The summed E-state index contributed by atoms with van der Waals surface area (Å²) >= 11 is 0. The first-order chi connectivity index (χ1) is 20.8. The van der Waals surface area contributed by atoms with Gasteiger partial charge in [-0.05, 0) is 48.5 Å². The van der Waals surface area contributed by atoms with Crippen LogP contribution in [0.25, 0.3) is 21.9 Å². The Morgan fingerprint density at radius 2 is 1.16 bits per heavy atom. The van der Waals surface area contributed by atoms with Crippen molar-refractivity contribution in [1.29, 1.82) is 0 Å². The van der Waals surface area contributed by atoms with Gasteiger partial charge in [-0.25, -0.2) is 0 Å². The summed E-state index contributed by atoms with van der Waals surface area (Å²) in [7, 11) is 0. The van der Waals surface area contributed by atoms with Gasteiger partial charge in [0, 0.05) is 41.4 Å². The maximum absolute atomic E-state index is 12.0. The Hall–Kier alpha value is -3.66. The third-order valence-electron chi connectivity index (χ3n) is 7.10. The summed E-state index contributed by atoms with van der Waals surface area (Å²) in [6, 6.07) is 15.3. The van der Waals surface area contributed by atoms with Crippen molar-refractivity contribution in [3.63, 3.8) is 0 Å². The van der Waals surface area contributed by atoms with Crippen LogP contribution < -0.4 is 9.74 Å². The minimum absolute atomic E-state index is 0.0156. The summed E-state index contributed by atoms with van der Waals surface area (Å²) in [6.07, 6.45) is 0. The van der Waals surface area contributed by atoms with Crippen molar-refractivity contribution < 1.29 is 32.7 Å². The van der Waals surface area contributed by atoms with E-state index in [1.807, 2.05) is 83.0 Å². The fourth-order valence-electron chi connectivity index (χ4n) is 4.73. The number of anilines is 1. The van der Waals surface area contributed by atoms with Crippen molar-refractivity contribution in [1.82, 2.24) is 5.06 Å². The number of carbonyl (C=O) groups excluding carboxylic acids is 2.